The lowest BCUT2D eigenvalue weighted by Crippen LogP contribution is -2.37. The van der Waals surface area contributed by atoms with Gasteiger partial charge in [-0.15, -0.1) is 0 Å². The van der Waals surface area contributed by atoms with Crippen LogP contribution >= 0.6 is 0 Å². The Labute approximate surface area is 202 Å². The Bertz CT molecular complexity index is 1100. The second-order valence-electron chi connectivity index (χ2n) is 9.61. The molecule has 176 valence electrons. The van der Waals surface area contributed by atoms with Crippen molar-refractivity contribution < 1.29 is 9.21 Å². The molecular weight excluding hydrogens is 422 g/mol. The molecule has 5 heteroatoms. The first-order valence-corrected chi connectivity index (χ1v) is 12.4. The first-order chi connectivity index (χ1) is 16.7. The lowest BCUT2D eigenvalue weighted by atomic mass is 9.90. The summed E-state index contributed by atoms with van der Waals surface area (Å²) in [6, 6.07) is 22.8. The molecule has 2 aromatic carbocycles. The molecule has 0 radical (unpaired) electrons. The highest BCUT2D eigenvalue weighted by molar-refractivity contribution is 6.03. The van der Waals surface area contributed by atoms with Crippen LogP contribution in [0.4, 0.5) is 0 Å². The molecule has 1 aromatic heterocycles. The van der Waals surface area contributed by atoms with E-state index in [-0.39, 0.29) is 11.9 Å². The highest BCUT2D eigenvalue weighted by Gasteiger charge is 2.35. The van der Waals surface area contributed by atoms with Crippen molar-refractivity contribution in [3.63, 3.8) is 0 Å². The van der Waals surface area contributed by atoms with Crippen LogP contribution in [0.1, 0.15) is 54.2 Å². The molecule has 1 fully saturated rings. The van der Waals surface area contributed by atoms with Gasteiger partial charge in [0.1, 0.15) is 11.8 Å². The van der Waals surface area contributed by atoms with E-state index < -0.39 is 0 Å². The minimum absolute atomic E-state index is 0.0647. The van der Waals surface area contributed by atoms with Crippen molar-refractivity contribution in [1.82, 2.24) is 9.91 Å². The molecule has 34 heavy (non-hydrogen) atoms. The Morgan fingerprint density at radius 1 is 1.00 bits per heavy atom. The van der Waals surface area contributed by atoms with Gasteiger partial charge in [0.05, 0.1) is 12.0 Å². The summed E-state index contributed by atoms with van der Waals surface area (Å²) in [7, 11) is 0. The summed E-state index contributed by atoms with van der Waals surface area (Å²) in [4.78, 5) is 15.7. The van der Waals surface area contributed by atoms with Crippen LogP contribution in [0.2, 0.25) is 0 Å². The van der Waals surface area contributed by atoms with Gasteiger partial charge in [0.25, 0.3) is 0 Å². The van der Waals surface area contributed by atoms with Gasteiger partial charge < -0.3 is 9.32 Å². The molecule has 0 N–H and O–H groups in total. The number of carbonyl (C=O) groups excluding carboxylic acids is 1. The molecule has 0 bridgehead atoms. The third kappa shape index (κ3) is 5.31. The molecule has 0 spiro atoms. The normalized spacial score (nSPS) is 19.4. The molecule has 0 aliphatic carbocycles. The van der Waals surface area contributed by atoms with Crippen LogP contribution < -0.4 is 0 Å². The van der Waals surface area contributed by atoms with Gasteiger partial charge in [-0.05, 0) is 68.5 Å². The fourth-order valence-corrected chi connectivity index (χ4v) is 5.09. The maximum atomic E-state index is 13.3. The third-order valence-corrected chi connectivity index (χ3v) is 7.14. The van der Waals surface area contributed by atoms with E-state index >= 15 is 0 Å². The van der Waals surface area contributed by atoms with E-state index in [0.717, 1.165) is 49.0 Å². The molecule has 2 aliphatic heterocycles. The fraction of sp³-hybridized carbons (Fsp3) is 0.379. The number of likely N-dealkylation sites (tertiary alicyclic amines) is 1. The zero-order valence-electron chi connectivity index (χ0n) is 19.9. The van der Waals surface area contributed by atoms with Gasteiger partial charge in [-0.3, -0.25) is 4.79 Å². The largest absolute Gasteiger partial charge is 0.467 e. The van der Waals surface area contributed by atoms with Crippen LogP contribution in [0.15, 0.2) is 82.5 Å². The van der Waals surface area contributed by atoms with Gasteiger partial charge in [0.2, 0.25) is 5.91 Å². The molecule has 2 aliphatic rings. The van der Waals surface area contributed by atoms with E-state index in [1.54, 1.807) is 11.3 Å². The molecule has 3 aromatic rings. The zero-order chi connectivity index (χ0) is 23.3. The average molecular weight is 456 g/mol. The first kappa shape index (κ1) is 22.6. The standard InChI is InChI=1S/C29H33N3O2/c1-22-9-11-25(12-10-22)26-21-27(28-8-5-19-34-28)32(30-26)29(33)15-18-31-16-13-24(14-17-31)20-23-6-3-2-4-7-23/h2-12,19,24,27H,13-18,20-21H2,1H3. The van der Waals surface area contributed by atoms with E-state index in [1.165, 1.54) is 24.0 Å². The molecule has 1 amide bonds. The van der Waals surface area contributed by atoms with Crippen LogP contribution in [0.3, 0.4) is 0 Å². The summed E-state index contributed by atoms with van der Waals surface area (Å²) in [5, 5.41) is 6.43. The quantitative estimate of drug-likeness (QED) is 0.465. The van der Waals surface area contributed by atoms with Gasteiger partial charge in [0.15, 0.2) is 0 Å². The van der Waals surface area contributed by atoms with Crippen LogP contribution in [0, 0.1) is 12.8 Å². The van der Waals surface area contributed by atoms with Crippen molar-refractivity contribution in [2.45, 2.75) is 45.1 Å². The Kier molecular flexibility index (Phi) is 6.91. The summed E-state index contributed by atoms with van der Waals surface area (Å²) in [5.74, 6) is 1.59. The number of furan rings is 1. The van der Waals surface area contributed by atoms with Crippen molar-refractivity contribution in [3.05, 3.63) is 95.4 Å². The summed E-state index contributed by atoms with van der Waals surface area (Å²) < 4.78 is 5.68. The monoisotopic (exact) mass is 455 g/mol. The van der Waals surface area contributed by atoms with Gasteiger partial charge in [-0.2, -0.15) is 5.10 Å². The molecule has 3 heterocycles. The van der Waals surface area contributed by atoms with E-state index in [9.17, 15) is 4.79 Å². The smallest absolute Gasteiger partial charge is 0.244 e. The number of aryl methyl sites for hydroxylation is 1. The highest BCUT2D eigenvalue weighted by atomic mass is 16.3. The zero-order valence-corrected chi connectivity index (χ0v) is 19.9. The maximum absolute atomic E-state index is 13.3. The molecule has 1 saturated heterocycles. The SMILES string of the molecule is Cc1ccc(C2=NN(C(=O)CCN3CCC(Cc4ccccc4)CC3)C(c3ccco3)C2)cc1. The summed E-state index contributed by atoms with van der Waals surface area (Å²) in [6.45, 7) is 4.98. The number of carbonyl (C=O) groups is 1. The second-order valence-corrected chi connectivity index (χ2v) is 9.61. The van der Waals surface area contributed by atoms with Crippen molar-refractivity contribution in [2.24, 2.45) is 11.0 Å². The van der Waals surface area contributed by atoms with Gasteiger partial charge in [-0.1, -0.05) is 60.2 Å². The Hall–Kier alpha value is -3.18. The highest BCUT2D eigenvalue weighted by Crippen LogP contribution is 2.33. The number of hydrogen-bond acceptors (Lipinski definition) is 4. The van der Waals surface area contributed by atoms with E-state index in [4.69, 9.17) is 9.52 Å². The van der Waals surface area contributed by atoms with Gasteiger partial charge in [-0.25, -0.2) is 5.01 Å². The van der Waals surface area contributed by atoms with Crippen LogP contribution in [0.25, 0.3) is 0 Å². The topological polar surface area (TPSA) is 49.1 Å². The van der Waals surface area contributed by atoms with Crippen LogP contribution in [-0.4, -0.2) is 41.2 Å². The van der Waals surface area contributed by atoms with Crippen molar-refractivity contribution in [1.29, 1.82) is 0 Å². The minimum atomic E-state index is -0.171. The summed E-state index contributed by atoms with van der Waals surface area (Å²) in [6.07, 6.45) is 6.36. The molecular formula is C29H33N3O2. The number of hydrogen-bond donors (Lipinski definition) is 0. The number of benzene rings is 2. The van der Waals surface area contributed by atoms with Crippen molar-refractivity contribution in [3.8, 4) is 0 Å². The molecule has 0 saturated carbocycles. The van der Waals surface area contributed by atoms with Gasteiger partial charge >= 0.3 is 0 Å². The number of piperidine rings is 1. The van der Waals surface area contributed by atoms with Crippen molar-refractivity contribution >= 4 is 11.6 Å². The maximum Gasteiger partial charge on any atom is 0.244 e. The third-order valence-electron chi connectivity index (χ3n) is 7.14. The number of hydrazone groups is 1. The average Bonchev–Trinajstić information content (AvgIpc) is 3.55. The van der Waals surface area contributed by atoms with E-state index in [0.29, 0.717) is 12.8 Å². The lowest BCUT2D eigenvalue weighted by Gasteiger charge is -2.32. The predicted molar refractivity (Wildman–Crippen MR) is 135 cm³/mol. The van der Waals surface area contributed by atoms with Crippen molar-refractivity contribution in [2.75, 3.05) is 19.6 Å². The Morgan fingerprint density at radius 2 is 1.76 bits per heavy atom. The Balaban J connectivity index is 1.18. The number of nitrogens with zero attached hydrogens (tertiary/aromatic N) is 3. The Morgan fingerprint density at radius 3 is 2.47 bits per heavy atom. The van der Waals surface area contributed by atoms with E-state index in [1.807, 2.05) is 12.1 Å². The molecule has 1 unspecified atom stereocenters. The minimum Gasteiger partial charge on any atom is -0.467 e. The number of amides is 1. The second kappa shape index (κ2) is 10.4. The first-order valence-electron chi connectivity index (χ1n) is 12.4. The van der Waals surface area contributed by atoms with E-state index in [2.05, 4.69) is 66.4 Å². The molecule has 5 nitrogen and oxygen atoms in total. The van der Waals surface area contributed by atoms with Crippen LogP contribution in [0.5, 0.6) is 0 Å². The number of rotatable bonds is 7. The van der Waals surface area contributed by atoms with Crippen LogP contribution in [-0.2, 0) is 11.2 Å². The summed E-state index contributed by atoms with van der Waals surface area (Å²) in [5.41, 5.74) is 4.65. The molecule has 5 rings (SSSR count). The predicted octanol–water partition coefficient (Wildman–Crippen LogP) is 5.61. The molecule has 1 atom stereocenters. The summed E-state index contributed by atoms with van der Waals surface area (Å²) >= 11 is 0. The fourth-order valence-electron chi connectivity index (χ4n) is 5.09. The lowest BCUT2D eigenvalue weighted by molar-refractivity contribution is -0.133. The van der Waals surface area contributed by atoms with Gasteiger partial charge in [0, 0.05) is 19.4 Å².